The Kier molecular flexibility index (Phi) is 5.97. The largest absolute Gasteiger partial charge is 0.329 e. The highest BCUT2D eigenvalue weighted by atomic mass is 15.2. The van der Waals surface area contributed by atoms with Crippen LogP contribution < -0.4 is 5.73 Å². The fraction of sp³-hybridized carbons (Fsp3) is 0.368. The van der Waals surface area contributed by atoms with E-state index < -0.39 is 0 Å². The molecule has 2 rings (SSSR count). The summed E-state index contributed by atoms with van der Waals surface area (Å²) in [5, 5.41) is 0. The topological polar surface area (TPSA) is 29.3 Å². The molecule has 0 bridgehead atoms. The molecule has 0 aromatic heterocycles. The summed E-state index contributed by atoms with van der Waals surface area (Å²) in [6, 6.07) is 21.7. The highest BCUT2D eigenvalue weighted by Gasteiger charge is 2.23. The van der Waals surface area contributed by atoms with Crippen LogP contribution in [0.5, 0.6) is 0 Å². The number of likely N-dealkylation sites (N-methyl/N-ethyl adjacent to an activating group) is 1. The van der Waals surface area contributed by atoms with E-state index in [1.165, 1.54) is 11.1 Å². The van der Waals surface area contributed by atoms with Crippen molar-refractivity contribution in [2.45, 2.75) is 32.4 Å². The molecule has 2 aromatic carbocycles. The van der Waals surface area contributed by atoms with Gasteiger partial charge in [0.15, 0.2) is 0 Å². The number of hydrogen-bond acceptors (Lipinski definition) is 2. The van der Waals surface area contributed by atoms with Crippen LogP contribution in [0, 0.1) is 0 Å². The molecule has 0 amide bonds. The average molecular weight is 282 g/mol. The van der Waals surface area contributed by atoms with Crippen molar-refractivity contribution in [3.05, 3.63) is 71.8 Å². The van der Waals surface area contributed by atoms with Crippen LogP contribution in [-0.2, 0) is 6.54 Å². The van der Waals surface area contributed by atoms with Crippen molar-refractivity contribution in [2.24, 2.45) is 5.73 Å². The van der Waals surface area contributed by atoms with E-state index in [0.717, 1.165) is 13.1 Å². The minimum Gasteiger partial charge on any atom is -0.329 e. The molecule has 0 aliphatic carbocycles. The molecule has 2 N–H and O–H groups in total. The second-order valence-electron chi connectivity index (χ2n) is 5.55. The van der Waals surface area contributed by atoms with E-state index in [0.29, 0.717) is 18.5 Å². The van der Waals surface area contributed by atoms with Gasteiger partial charge in [-0.05, 0) is 23.6 Å². The van der Waals surface area contributed by atoms with Gasteiger partial charge in [-0.15, -0.1) is 0 Å². The molecule has 0 aliphatic rings. The van der Waals surface area contributed by atoms with E-state index in [-0.39, 0.29) is 0 Å². The second-order valence-corrected chi connectivity index (χ2v) is 5.55. The summed E-state index contributed by atoms with van der Waals surface area (Å²) in [5.74, 6) is 0.430. The highest BCUT2D eigenvalue weighted by Crippen LogP contribution is 2.23. The van der Waals surface area contributed by atoms with Crippen molar-refractivity contribution < 1.29 is 0 Å². The van der Waals surface area contributed by atoms with Crippen LogP contribution in [0.3, 0.4) is 0 Å². The van der Waals surface area contributed by atoms with Crippen LogP contribution in [-0.4, -0.2) is 24.0 Å². The van der Waals surface area contributed by atoms with Crippen LogP contribution >= 0.6 is 0 Å². The lowest BCUT2D eigenvalue weighted by molar-refractivity contribution is 0.179. The summed E-state index contributed by atoms with van der Waals surface area (Å²) in [6.07, 6.45) is 0. The molecule has 0 saturated carbocycles. The quantitative estimate of drug-likeness (QED) is 0.840. The molecule has 0 spiro atoms. The lowest BCUT2D eigenvalue weighted by Crippen LogP contribution is -2.43. The predicted molar refractivity (Wildman–Crippen MR) is 90.2 cm³/mol. The standard InChI is InChI=1S/C19H26N2/c1-3-21(15-17-10-6-4-7-11-17)19(14-20)16(2)18-12-8-5-9-13-18/h4-13,16,19H,3,14-15,20H2,1-2H3. The maximum atomic E-state index is 6.10. The molecule has 112 valence electrons. The molecule has 2 aromatic rings. The van der Waals surface area contributed by atoms with E-state index in [1.54, 1.807) is 0 Å². The van der Waals surface area contributed by atoms with Crippen molar-refractivity contribution >= 4 is 0 Å². The number of hydrogen-bond donors (Lipinski definition) is 1. The van der Waals surface area contributed by atoms with Crippen molar-refractivity contribution in [1.29, 1.82) is 0 Å². The zero-order valence-corrected chi connectivity index (χ0v) is 13.1. The Labute approximate surface area is 128 Å². The average Bonchev–Trinajstić information content (AvgIpc) is 2.56. The molecule has 0 heterocycles. The summed E-state index contributed by atoms with van der Waals surface area (Å²) in [6.45, 7) is 7.13. The number of rotatable bonds is 7. The monoisotopic (exact) mass is 282 g/mol. The third-order valence-electron chi connectivity index (χ3n) is 4.25. The van der Waals surface area contributed by atoms with Crippen molar-refractivity contribution in [3.63, 3.8) is 0 Å². The smallest absolute Gasteiger partial charge is 0.0287 e. The summed E-state index contributed by atoms with van der Waals surface area (Å²) >= 11 is 0. The molecule has 2 atom stereocenters. The van der Waals surface area contributed by atoms with Gasteiger partial charge < -0.3 is 5.73 Å². The third kappa shape index (κ3) is 4.16. The molecule has 2 nitrogen and oxygen atoms in total. The Hall–Kier alpha value is -1.64. The highest BCUT2D eigenvalue weighted by molar-refractivity contribution is 5.21. The Balaban J connectivity index is 2.14. The van der Waals surface area contributed by atoms with E-state index >= 15 is 0 Å². The molecule has 0 radical (unpaired) electrons. The minimum absolute atomic E-state index is 0.359. The van der Waals surface area contributed by atoms with Gasteiger partial charge in [0, 0.05) is 19.1 Å². The van der Waals surface area contributed by atoms with Gasteiger partial charge in [0.05, 0.1) is 0 Å². The molecular weight excluding hydrogens is 256 g/mol. The summed E-state index contributed by atoms with van der Waals surface area (Å²) in [7, 11) is 0. The SMILES string of the molecule is CCN(Cc1ccccc1)C(CN)C(C)c1ccccc1. The maximum Gasteiger partial charge on any atom is 0.0287 e. The number of nitrogens with two attached hydrogens (primary N) is 1. The van der Waals surface area contributed by atoms with E-state index in [9.17, 15) is 0 Å². The van der Waals surface area contributed by atoms with Gasteiger partial charge in [0.1, 0.15) is 0 Å². The van der Waals surface area contributed by atoms with Crippen molar-refractivity contribution in [1.82, 2.24) is 4.90 Å². The van der Waals surface area contributed by atoms with Crippen LogP contribution in [0.25, 0.3) is 0 Å². The fourth-order valence-electron chi connectivity index (χ4n) is 2.93. The molecule has 0 fully saturated rings. The fourth-order valence-corrected chi connectivity index (χ4v) is 2.93. The van der Waals surface area contributed by atoms with E-state index in [1.807, 2.05) is 0 Å². The molecule has 2 heteroatoms. The molecule has 2 unspecified atom stereocenters. The minimum atomic E-state index is 0.359. The summed E-state index contributed by atoms with van der Waals surface area (Å²) < 4.78 is 0. The van der Waals surface area contributed by atoms with Crippen LogP contribution in [0.2, 0.25) is 0 Å². The van der Waals surface area contributed by atoms with Crippen LogP contribution in [0.4, 0.5) is 0 Å². The predicted octanol–water partition coefficient (Wildman–Crippen LogP) is 3.64. The third-order valence-corrected chi connectivity index (χ3v) is 4.25. The zero-order chi connectivity index (χ0) is 15.1. The second kappa shape index (κ2) is 7.96. The van der Waals surface area contributed by atoms with Gasteiger partial charge in [-0.1, -0.05) is 74.5 Å². The van der Waals surface area contributed by atoms with Crippen molar-refractivity contribution in [2.75, 3.05) is 13.1 Å². The first-order chi connectivity index (χ1) is 10.3. The van der Waals surface area contributed by atoms with Gasteiger partial charge in [-0.3, -0.25) is 4.90 Å². The van der Waals surface area contributed by atoms with Gasteiger partial charge in [-0.25, -0.2) is 0 Å². The first-order valence-corrected chi connectivity index (χ1v) is 7.79. The Bertz CT molecular complexity index is 510. The van der Waals surface area contributed by atoms with E-state index in [2.05, 4.69) is 79.4 Å². The summed E-state index contributed by atoms with van der Waals surface area (Å²) in [4.78, 5) is 2.48. The lowest BCUT2D eigenvalue weighted by Gasteiger charge is -2.34. The Morgan fingerprint density at radius 2 is 1.52 bits per heavy atom. The van der Waals surface area contributed by atoms with Gasteiger partial charge in [0.25, 0.3) is 0 Å². The van der Waals surface area contributed by atoms with Crippen LogP contribution in [0.15, 0.2) is 60.7 Å². The number of nitrogens with zero attached hydrogens (tertiary/aromatic N) is 1. The zero-order valence-electron chi connectivity index (χ0n) is 13.1. The normalized spacial score (nSPS) is 14.1. The first-order valence-electron chi connectivity index (χ1n) is 7.79. The molecule has 0 saturated heterocycles. The van der Waals surface area contributed by atoms with Gasteiger partial charge >= 0.3 is 0 Å². The maximum absolute atomic E-state index is 6.10. The first kappa shape index (κ1) is 15.7. The Morgan fingerprint density at radius 1 is 0.952 bits per heavy atom. The van der Waals surface area contributed by atoms with Gasteiger partial charge in [-0.2, -0.15) is 0 Å². The lowest BCUT2D eigenvalue weighted by atomic mass is 9.92. The number of benzene rings is 2. The molecular formula is C19H26N2. The molecule has 21 heavy (non-hydrogen) atoms. The van der Waals surface area contributed by atoms with E-state index in [4.69, 9.17) is 5.73 Å². The Morgan fingerprint density at radius 3 is 2.05 bits per heavy atom. The molecule has 0 aliphatic heterocycles. The van der Waals surface area contributed by atoms with Gasteiger partial charge in [0.2, 0.25) is 0 Å². The van der Waals surface area contributed by atoms with Crippen molar-refractivity contribution in [3.8, 4) is 0 Å². The summed E-state index contributed by atoms with van der Waals surface area (Å²) in [5.41, 5.74) is 8.81. The van der Waals surface area contributed by atoms with Crippen LogP contribution in [0.1, 0.15) is 30.9 Å².